The number of nitrogens with one attached hydrogen (secondary N) is 1. The first-order valence-corrected chi connectivity index (χ1v) is 15.9. The van der Waals surface area contributed by atoms with E-state index in [0.29, 0.717) is 10.6 Å². The highest BCUT2D eigenvalue weighted by Gasteiger charge is 2.50. The van der Waals surface area contributed by atoms with Crippen molar-refractivity contribution >= 4 is 37.3 Å². The number of oxazole rings is 1. The zero-order valence-electron chi connectivity index (χ0n) is 21.0. The van der Waals surface area contributed by atoms with E-state index in [-0.39, 0.29) is 32.6 Å². The molecule has 3 heterocycles. The number of sulfone groups is 1. The van der Waals surface area contributed by atoms with Gasteiger partial charge < -0.3 is 4.42 Å². The summed E-state index contributed by atoms with van der Waals surface area (Å²) in [5.41, 5.74) is 3.22. The van der Waals surface area contributed by atoms with Crippen molar-refractivity contribution in [1.82, 2.24) is 19.1 Å². The summed E-state index contributed by atoms with van der Waals surface area (Å²) in [6.07, 6.45) is 2.29. The Morgan fingerprint density at radius 2 is 1.84 bits per heavy atom. The summed E-state index contributed by atoms with van der Waals surface area (Å²) in [6.45, 7) is 3.64. The van der Waals surface area contributed by atoms with Crippen LogP contribution in [0.1, 0.15) is 31.6 Å². The summed E-state index contributed by atoms with van der Waals surface area (Å²) in [5, 5.41) is 9.26. The van der Waals surface area contributed by atoms with Crippen molar-refractivity contribution in [2.75, 3.05) is 31.9 Å². The Bertz CT molecular complexity index is 1470. The Kier molecular flexibility index (Phi) is 8.40. The van der Waals surface area contributed by atoms with E-state index in [0.717, 1.165) is 16.0 Å². The normalized spacial score (nSPS) is 20.3. The van der Waals surface area contributed by atoms with Gasteiger partial charge in [0.05, 0.1) is 18.4 Å². The molecule has 11 nitrogen and oxygen atoms in total. The number of hydroxylamine groups is 1. The molecule has 1 amide bonds. The fraction of sp³-hybridized carbons (Fsp3) is 0.417. The summed E-state index contributed by atoms with van der Waals surface area (Å²) in [4.78, 5) is 17.5. The second kappa shape index (κ2) is 11.2. The molecule has 1 fully saturated rings. The maximum atomic E-state index is 13.8. The lowest BCUT2D eigenvalue weighted by Gasteiger charge is -2.31. The molecule has 38 heavy (non-hydrogen) atoms. The minimum absolute atomic E-state index is 0.0874. The zero-order valence-corrected chi connectivity index (χ0v) is 23.5. The molecule has 0 radical (unpaired) electrons. The van der Waals surface area contributed by atoms with Crippen LogP contribution >= 0.6 is 11.3 Å². The Balaban J connectivity index is 1.71. The number of aromatic nitrogens is 1. The van der Waals surface area contributed by atoms with Gasteiger partial charge in [0.15, 0.2) is 22.0 Å². The summed E-state index contributed by atoms with van der Waals surface area (Å²) in [5.74, 6) is -0.697. The van der Waals surface area contributed by atoms with Gasteiger partial charge >= 0.3 is 0 Å². The summed E-state index contributed by atoms with van der Waals surface area (Å²) < 4.78 is 60.0. The van der Waals surface area contributed by atoms with Gasteiger partial charge in [0, 0.05) is 41.5 Å². The SMILES string of the molecule is CCN(CC)S(=O)(=O)N1CCC(CC(=O)NO)(c2ccc(-c3ccc(-c4cnco4)cc3)s2)S(=O)(=O)CC1. The number of rotatable bonds is 9. The van der Waals surface area contributed by atoms with E-state index in [1.807, 2.05) is 24.3 Å². The number of benzene rings is 1. The average molecular weight is 583 g/mol. The fourth-order valence-electron chi connectivity index (χ4n) is 4.69. The lowest BCUT2D eigenvalue weighted by Crippen LogP contribution is -2.45. The van der Waals surface area contributed by atoms with Crippen LogP contribution in [0.4, 0.5) is 0 Å². The lowest BCUT2D eigenvalue weighted by molar-refractivity contribution is -0.129. The first-order valence-electron chi connectivity index (χ1n) is 12.1. The van der Waals surface area contributed by atoms with Crippen LogP contribution in [0.3, 0.4) is 0 Å². The Labute approximate surface area is 226 Å². The molecule has 1 saturated heterocycles. The summed E-state index contributed by atoms with van der Waals surface area (Å²) in [7, 11) is -7.90. The number of hydrogen-bond acceptors (Lipinski definition) is 9. The van der Waals surface area contributed by atoms with Crippen LogP contribution in [0.15, 0.2) is 53.4 Å². The predicted octanol–water partition coefficient (Wildman–Crippen LogP) is 2.87. The standard InChI is InChI=1S/C24H30N4O7S3/c1-3-27(4-2)38(33,34)28-12-11-24(15-23(29)26-30,37(31,32)14-13-28)22-10-9-21(36-22)19-7-5-18(6-8-19)20-16-25-17-35-20/h5-10,16-17,30H,3-4,11-15H2,1-2H3,(H,26,29). The van der Waals surface area contributed by atoms with E-state index in [2.05, 4.69) is 4.98 Å². The van der Waals surface area contributed by atoms with Gasteiger partial charge in [-0.2, -0.15) is 17.0 Å². The van der Waals surface area contributed by atoms with Gasteiger partial charge in [-0.25, -0.2) is 18.9 Å². The Hall–Kier alpha value is -2.62. The van der Waals surface area contributed by atoms with Crippen LogP contribution in [0.25, 0.3) is 21.8 Å². The summed E-state index contributed by atoms with van der Waals surface area (Å²) >= 11 is 1.23. The molecule has 3 aromatic rings. The predicted molar refractivity (Wildman–Crippen MR) is 143 cm³/mol. The lowest BCUT2D eigenvalue weighted by atomic mass is 9.97. The third-order valence-electron chi connectivity index (χ3n) is 6.84. The highest BCUT2D eigenvalue weighted by Crippen LogP contribution is 2.45. The molecule has 0 saturated carbocycles. The molecule has 0 aliphatic carbocycles. The van der Waals surface area contributed by atoms with Gasteiger partial charge in [-0.05, 0) is 24.1 Å². The largest absolute Gasteiger partial charge is 0.444 e. The molecule has 206 valence electrons. The van der Waals surface area contributed by atoms with Gasteiger partial charge in [0.25, 0.3) is 10.2 Å². The minimum Gasteiger partial charge on any atom is -0.444 e. The molecule has 1 aliphatic heterocycles. The van der Waals surface area contributed by atoms with Crippen molar-refractivity contribution in [3.05, 3.63) is 53.9 Å². The van der Waals surface area contributed by atoms with Crippen molar-refractivity contribution in [2.45, 2.75) is 31.4 Å². The molecular weight excluding hydrogens is 552 g/mol. The van der Waals surface area contributed by atoms with Crippen molar-refractivity contribution in [3.8, 4) is 21.8 Å². The maximum Gasteiger partial charge on any atom is 0.281 e. The highest BCUT2D eigenvalue weighted by molar-refractivity contribution is 7.92. The van der Waals surface area contributed by atoms with Crippen LogP contribution in [-0.4, -0.2) is 73.5 Å². The molecule has 2 aromatic heterocycles. The number of carbonyl (C=O) groups excluding carboxylic acids is 1. The van der Waals surface area contributed by atoms with Crippen LogP contribution in [0.5, 0.6) is 0 Å². The molecule has 1 unspecified atom stereocenters. The van der Waals surface area contributed by atoms with E-state index in [1.54, 1.807) is 37.7 Å². The third kappa shape index (κ3) is 5.28. The molecule has 1 aromatic carbocycles. The molecule has 2 N–H and O–H groups in total. The number of thiophene rings is 1. The maximum absolute atomic E-state index is 13.8. The van der Waals surface area contributed by atoms with Gasteiger partial charge in [0.1, 0.15) is 4.75 Å². The van der Waals surface area contributed by atoms with Crippen LogP contribution < -0.4 is 5.48 Å². The van der Waals surface area contributed by atoms with E-state index in [1.165, 1.54) is 26.3 Å². The van der Waals surface area contributed by atoms with Gasteiger partial charge in [-0.15, -0.1) is 11.3 Å². The van der Waals surface area contributed by atoms with E-state index in [4.69, 9.17) is 4.42 Å². The fourth-order valence-corrected chi connectivity index (χ4v) is 10.0. The number of nitrogens with zero attached hydrogens (tertiary/aromatic N) is 3. The van der Waals surface area contributed by atoms with Crippen molar-refractivity contribution < 1.29 is 31.3 Å². The monoisotopic (exact) mass is 582 g/mol. The molecule has 1 aliphatic rings. The third-order valence-corrected chi connectivity index (χ3v) is 13.0. The second-order valence-electron chi connectivity index (χ2n) is 8.87. The van der Waals surface area contributed by atoms with Crippen molar-refractivity contribution in [3.63, 3.8) is 0 Å². The molecule has 1 atom stereocenters. The average Bonchev–Trinajstić information content (AvgIpc) is 3.59. The minimum atomic E-state index is -4.02. The first kappa shape index (κ1) is 28.4. The molecular formula is C24H30N4O7S3. The Morgan fingerprint density at radius 1 is 1.16 bits per heavy atom. The van der Waals surface area contributed by atoms with Crippen molar-refractivity contribution in [2.24, 2.45) is 0 Å². The van der Waals surface area contributed by atoms with E-state index in [9.17, 15) is 26.8 Å². The van der Waals surface area contributed by atoms with Crippen molar-refractivity contribution in [1.29, 1.82) is 0 Å². The summed E-state index contributed by atoms with van der Waals surface area (Å²) in [6, 6.07) is 10.9. The van der Waals surface area contributed by atoms with Gasteiger partial charge in [-0.3, -0.25) is 10.0 Å². The zero-order chi connectivity index (χ0) is 27.6. The molecule has 0 spiro atoms. The quantitative estimate of drug-likeness (QED) is 0.289. The second-order valence-corrected chi connectivity index (χ2v) is 14.3. The van der Waals surface area contributed by atoms with Crippen LogP contribution in [-0.2, 0) is 29.6 Å². The topological polar surface area (TPSA) is 150 Å². The number of carbonyl (C=O) groups is 1. The highest BCUT2D eigenvalue weighted by atomic mass is 32.2. The van der Waals surface area contributed by atoms with Crippen LogP contribution in [0.2, 0.25) is 0 Å². The van der Waals surface area contributed by atoms with Gasteiger partial charge in [-0.1, -0.05) is 38.1 Å². The smallest absolute Gasteiger partial charge is 0.281 e. The molecule has 0 bridgehead atoms. The van der Waals surface area contributed by atoms with E-state index < -0.39 is 42.9 Å². The van der Waals surface area contributed by atoms with E-state index >= 15 is 0 Å². The first-order chi connectivity index (χ1) is 18.1. The number of amides is 1. The van der Waals surface area contributed by atoms with Gasteiger partial charge in [0.2, 0.25) is 5.91 Å². The number of hydrogen-bond donors (Lipinski definition) is 2. The van der Waals surface area contributed by atoms with Crippen LogP contribution in [0, 0.1) is 0 Å². The Morgan fingerprint density at radius 3 is 2.45 bits per heavy atom. The molecule has 4 rings (SSSR count). The molecule has 14 heteroatoms.